The maximum absolute atomic E-state index is 12.3. The zero-order chi connectivity index (χ0) is 23.2. The van der Waals surface area contributed by atoms with Crippen molar-refractivity contribution in [3.05, 3.63) is 60.2 Å². The molecule has 0 atom stereocenters. The van der Waals surface area contributed by atoms with Gasteiger partial charge in [0, 0.05) is 32.4 Å². The third-order valence-electron chi connectivity index (χ3n) is 4.26. The zero-order valence-electron chi connectivity index (χ0n) is 18.8. The number of esters is 1. The van der Waals surface area contributed by atoms with Crippen LogP contribution in [0.3, 0.4) is 0 Å². The van der Waals surface area contributed by atoms with Crippen LogP contribution in [0, 0.1) is 0 Å². The summed E-state index contributed by atoms with van der Waals surface area (Å²) in [7, 11) is -2.74. The number of benzene rings is 2. The minimum Gasteiger partial charge on any atom is -0.423 e. The summed E-state index contributed by atoms with van der Waals surface area (Å²) in [5.41, 5.74) is 0.278. The van der Waals surface area contributed by atoms with E-state index in [1.807, 2.05) is 26.8 Å². The van der Waals surface area contributed by atoms with E-state index in [0.29, 0.717) is 44.6 Å². The second-order valence-electron chi connectivity index (χ2n) is 6.63. The molecule has 0 radical (unpaired) electrons. The molecule has 0 heterocycles. The maximum Gasteiger partial charge on any atom is 0.500 e. The van der Waals surface area contributed by atoms with Crippen LogP contribution < -0.4 is 14.8 Å². The van der Waals surface area contributed by atoms with E-state index < -0.39 is 20.9 Å². The Morgan fingerprint density at radius 2 is 1.44 bits per heavy atom. The monoisotopic (exact) mass is 461 g/mol. The average Bonchev–Trinajstić information content (AvgIpc) is 2.78. The zero-order valence-corrected chi connectivity index (χ0v) is 19.8. The van der Waals surface area contributed by atoms with E-state index in [1.165, 1.54) is 6.07 Å². The van der Waals surface area contributed by atoms with Gasteiger partial charge in [-0.15, -0.1) is 0 Å². The molecule has 0 unspecified atom stereocenters. The Labute approximate surface area is 190 Å². The van der Waals surface area contributed by atoms with Crippen LogP contribution in [0.1, 0.15) is 37.6 Å². The summed E-state index contributed by atoms with van der Waals surface area (Å²) >= 11 is 0. The minimum absolute atomic E-state index is 0.242. The first kappa shape index (κ1) is 25.5. The van der Waals surface area contributed by atoms with Crippen molar-refractivity contribution in [3.8, 4) is 11.5 Å². The highest BCUT2D eigenvalue weighted by atomic mass is 28.4. The second-order valence-corrected chi connectivity index (χ2v) is 9.36. The van der Waals surface area contributed by atoms with Crippen LogP contribution in [-0.2, 0) is 13.3 Å². The Kier molecular flexibility index (Phi) is 10.9. The molecule has 0 fully saturated rings. The summed E-state index contributed by atoms with van der Waals surface area (Å²) in [5.74, 6) is 0.144. The van der Waals surface area contributed by atoms with E-state index in [2.05, 4.69) is 5.32 Å². The molecule has 0 aliphatic heterocycles. The van der Waals surface area contributed by atoms with Crippen molar-refractivity contribution in [1.82, 2.24) is 5.32 Å². The van der Waals surface area contributed by atoms with Gasteiger partial charge in [0.25, 0.3) is 0 Å². The summed E-state index contributed by atoms with van der Waals surface area (Å²) in [4.78, 5) is 24.5. The van der Waals surface area contributed by atoms with Crippen molar-refractivity contribution < 1.29 is 32.3 Å². The van der Waals surface area contributed by atoms with Crippen LogP contribution in [-0.4, -0.2) is 47.2 Å². The Morgan fingerprint density at radius 3 is 2.06 bits per heavy atom. The molecular weight excluding hydrogens is 430 g/mol. The van der Waals surface area contributed by atoms with Gasteiger partial charge >= 0.3 is 20.9 Å². The lowest BCUT2D eigenvalue weighted by atomic mass is 10.2. The predicted octanol–water partition coefficient (Wildman–Crippen LogP) is 4.43. The lowest BCUT2D eigenvalue weighted by molar-refractivity contribution is 0.0705. The lowest BCUT2D eigenvalue weighted by Gasteiger charge is -2.28. The molecule has 1 amide bonds. The molecule has 0 aromatic heterocycles. The van der Waals surface area contributed by atoms with Gasteiger partial charge in [-0.2, -0.15) is 0 Å². The highest BCUT2D eigenvalue weighted by molar-refractivity contribution is 6.60. The fourth-order valence-corrected chi connectivity index (χ4v) is 5.59. The molecule has 0 bridgehead atoms. The Balaban J connectivity index is 1.84. The summed E-state index contributed by atoms with van der Waals surface area (Å²) in [6.45, 7) is 7.59. The van der Waals surface area contributed by atoms with Gasteiger partial charge in [-0.05, 0) is 57.5 Å². The number of hydrogen-bond donors (Lipinski definition) is 1. The van der Waals surface area contributed by atoms with Gasteiger partial charge in [0.05, 0.1) is 5.56 Å². The van der Waals surface area contributed by atoms with Crippen LogP contribution in [0.2, 0.25) is 6.04 Å². The van der Waals surface area contributed by atoms with E-state index in [1.54, 1.807) is 42.5 Å². The standard InChI is InChI=1S/C23H31NO7Si/c1-4-27-32(28-5-2,29-6-3)17-11-16-24-23(26)31-21-15-10-12-19(18-21)22(25)30-20-13-8-7-9-14-20/h7-10,12-15,18H,4-6,11,16-17H2,1-3H3,(H,24,26). The fraction of sp³-hybridized carbons (Fsp3) is 0.391. The number of amides is 1. The molecule has 0 saturated carbocycles. The highest BCUT2D eigenvalue weighted by Gasteiger charge is 2.39. The third kappa shape index (κ3) is 8.43. The Bertz CT molecular complexity index is 830. The number of carbonyl (C=O) groups excluding carboxylic acids is 2. The predicted molar refractivity (Wildman–Crippen MR) is 122 cm³/mol. The molecule has 0 aliphatic carbocycles. The van der Waals surface area contributed by atoms with Crippen LogP contribution in [0.4, 0.5) is 4.79 Å². The lowest BCUT2D eigenvalue weighted by Crippen LogP contribution is -2.46. The minimum atomic E-state index is -2.74. The Hall–Kier alpha value is -2.72. The van der Waals surface area contributed by atoms with E-state index in [4.69, 9.17) is 22.8 Å². The average molecular weight is 462 g/mol. The van der Waals surface area contributed by atoms with Crippen LogP contribution in [0.25, 0.3) is 0 Å². The molecule has 9 heteroatoms. The molecule has 32 heavy (non-hydrogen) atoms. The van der Waals surface area contributed by atoms with E-state index in [9.17, 15) is 9.59 Å². The highest BCUT2D eigenvalue weighted by Crippen LogP contribution is 2.19. The molecular formula is C23H31NO7Si. The molecule has 0 aliphatic rings. The summed E-state index contributed by atoms with van der Waals surface area (Å²) in [6.07, 6.45) is 0.000164. The smallest absolute Gasteiger partial charge is 0.423 e. The van der Waals surface area contributed by atoms with Gasteiger partial charge in [0.1, 0.15) is 11.5 Å². The molecule has 2 rings (SSSR count). The van der Waals surface area contributed by atoms with Gasteiger partial charge in [-0.1, -0.05) is 24.3 Å². The SMILES string of the molecule is CCO[Si](CCCNC(=O)Oc1cccc(C(=O)Oc2ccccc2)c1)(OCC)OCC. The summed E-state index contributed by atoms with van der Waals surface area (Å²) in [5, 5.41) is 2.70. The van der Waals surface area contributed by atoms with Crippen molar-refractivity contribution in [2.45, 2.75) is 33.2 Å². The maximum atomic E-state index is 12.3. The number of nitrogens with one attached hydrogen (secondary N) is 1. The molecule has 0 saturated heterocycles. The van der Waals surface area contributed by atoms with E-state index >= 15 is 0 Å². The topological polar surface area (TPSA) is 92.3 Å². The number of rotatable bonds is 13. The Morgan fingerprint density at radius 1 is 0.812 bits per heavy atom. The number of para-hydroxylation sites is 1. The van der Waals surface area contributed by atoms with Crippen molar-refractivity contribution in [1.29, 1.82) is 0 Å². The molecule has 2 aromatic carbocycles. The van der Waals surface area contributed by atoms with Crippen molar-refractivity contribution in [2.75, 3.05) is 26.4 Å². The largest absolute Gasteiger partial charge is 0.500 e. The summed E-state index contributed by atoms with van der Waals surface area (Å²) in [6, 6.07) is 15.6. The van der Waals surface area contributed by atoms with Crippen molar-refractivity contribution in [2.24, 2.45) is 0 Å². The quantitative estimate of drug-likeness (QED) is 0.204. The van der Waals surface area contributed by atoms with Crippen LogP contribution in [0.5, 0.6) is 11.5 Å². The van der Waals surface area contributed by atoms with Crippen LogP contribution >= 0.6 is 0 Å². The molecule has 174 valence electrons. The first-order chi connectivity index (χ1) is 15.5. The van der Waals surface area contributed by atoms with Gasteiger partial charge in [0.2, 0.25) is 0 Å². The number of ether oxygens (including phenoxy) is 2. The molecule has 2 aromatic rings. The normalized spacial score (nSPS) is 11.1. The number of hydrogen-bond acceptors (Lipinski definition) is 7. The third-order valence-corrected chi connectivity index (χ3v) is 7.41. The fourth-order valence-electron chi connectivity index (χ4n) is 2.98. The van der Waals surface area contributed by atoms with Gasteiger partial charge < -0.3 is 28.1 Å². The summed E-state index contributed by atoms with van der Waals surface area (Å²) < 4.78 is 28.0. The van der Waals surface area contributed by atoms with Crippen molar-refractivity contribution in [3.63, 3.8) is 0 Å². The second kappa shape index (κ2) is 13.6. The number of carbonyl (C=O) groups is 2. The van der Waals surface area contributed by atoms with Gasteiger partial charge in [-0.25, -0.2) is 9.59 Å². The van der Waals surface area contributed by atoms with Crippen molar-refractivity contribution >= 4 is 20.9 Å². The molecule has 8 nitrogen and oxygen atoms in total. The van der Waals surface area contributed by atoms with E-state index in [0.717, 1.165) is 0 Å². The first-order valence-electron chi connectivity index (χ1n) is 10.8. The van der Waals surface area contributed by atoms with E-state index in [-0.39, 0.29) is 11.3 Å². The first-order valence-corrected chi connectivity index (χ1v) is 12.7. The molecule has 1 N–H and O–H groups in total. The van der Waals surface area contributed by atoms with Crippen LogP contribution in [0.15, 0.2) is 54.6 Å². The molecule has 0 spiro atoms. The van der Waals surface area contributed by atoms with Gasteiger partial charge in [0.15, 0.2) is 0 Å². The van der Waals surface area contributed by atoms with Gasteiger partial charge in [-0.3, -0.25) is 0 Å².